The van der Waals surface area contributed by atoms with Gasteiger partial charge in [-0.15, -0.1) is 10.2 Å². The maximum absolute atomic E-state index is 12.1. The molecule has 0 unspecified atom stereocenters. The molecule has 0 aromatic carbocycles. The van der Waals surface area contributed by atoms with Gasteiger partial charge in [-0.2, -0.15) is 0 Å². The van der Waals surface area contributed by atoms with Gasteiger partial charge in [-0.3, -0.25) is 4.79 Å². The van der Waals surface area contributed by atoms with Crippen LogP contribution in [0.3, 0.4) is 0 Å². The fourth-order valence-electron chi connectivity index (χ4n) is 2.46. The highest BCUT2D eigenvalue weighted by Crippen LogP contribution is 2.17. The molecule has 1 amide bonds. The highest BCUT2D eigenvalue weighted by molar-refractivity contribution is 5.92. The van der Waals surface area contributed by atoms with Crippen LogP contribution < -0.4 is 10.6 Å². The van der Waals surface area contributed by atoms with E-state index in [-0.39, 0.29) is 5.91 Å². The first-order chi connectivity index (χ1) is 10.1. The lowest BCUT2D eigenvalue weighted by atomic mass is 9.95. The lowest BCUT2D eigenvalue weighted by Gasteiger charge is -2.22. The largest absolute Gasteiger partial charge is 0.367 e. The molecule has 6 heteroatoms. The first kappa shape index (κ1) is 15.7. The minimum Gasteiger partial charge on any atom is -0.367 e. The van der Waals surface area contributed by atoms with Gasteiger partial charge in [0, 0.05) is 19.1 Å². The number of rotatable bonds is 6. The van der Waals surface area contributed by atoms with Gasteiger partial charge in [0.15, 0.2) is 5.69 Å². The molecule has 0 atom stereocenters. The SMILES string of the molecule is CN(C)CCNc1ccc(C(=O)NC2CCCCC2)nn1. The van der Waals surface area contributed by atoms with Gasteiger partial charge in [0.05, 0.1) is 0 Å². The van der Waals surface area contributed by atoms with Crippen molar-refractivity contribution in [1.82, 2.24) is 20.4 Å². The topological polar surface area (TPSA) is 70.2 Å². The van der Waals surface area contributed by atoms with Crippen molar-refractivity contribution in [2.75, 3.05) is 32.5 Å². The van der Waals surface area contributed by atoms with Crippen LogP contribution in [0.1, 0.15) is 42.6 Å². The molecule has 6 nitrogen and oxygen atoms in total. The Morgan fingerprint density at radius 1 is 1.24 bits per heavy atom. The molecule has 1 fully saturated rings. The van der Waals surface area contributed by atoms with Crippen LogP contribution in [-0.4, -0.2) is 54.2 Å². The summed E-state index contributed by atoms with van der Waals surface area (Å²) in [5.41, 5.74) is 0.388. The summed E-state index contributed by atoms with van der Waals surface area (Å²) in [6.07, 6.45) is 5.82. The van der Waals surface area contributed by atoms with Crippen LogP contribution in [0, 0.1) is 0 Å². The molecule has 2 N–H and O–H groups in total. The molecule has 1 saturated carbocycles. The Balaban J connectivity index is 1.81. The Morgan fingerprint density at radius 3 is 2.62 bits per heavy atom. The van der Waals surface area contributed by atoms with Crippen LogP contribution in [0.25, 0.3) is 0 Å². The number of carbonyl (C=O) groups is 1. The van der Waals surface area contributed by atoms with Gasteiger partial charge in [0.25, 0.3) is 5.91 Å². The summed E-state index contributed by atoms with van der Waals surface area (Å²) in [7, 11) is 4.04. The van der Waals surface area contributed by atoms with Gasteiger partial charge in [0.2, 0.25) is 0 Å². The second-order valence-electron chi connectivity index (χ2n) is 5.84. The summed E-state index contributed by atoms with van der Waals surface area (Å²) in [5, 5.41) is 14.3. The maximum atomic E-state index is 12.1. The van der Waals surface area contributed by atoms with E-state index in [1.54, 1.807) is 12.1 Å². The van der Waals surface area contributed by atoms with E-state index in [0.717, 1.165) is 25.9 Å². The van der Waals surface area contributed by atoms with Crippen LogP contribution in [0.2, 0.25) is 0 Å². The van der Waals surface area contributed by atoms with Crippen molar-refractivity contribution in [2.45, 2.75) is 38.1 Å². The number of nitrogens with one attached hydrogen (secondary N) is 2. The maximum Gasteiger partial charge on any atom is 0.272 e. The molecule has 0 bridgehead atoms. The van der Waals surface area contributed by atoms with Crippen LogP contribution in [0.15, 0.2) is 12.1 Å². The third-order valence-electron chi connectivity index (χ3n) is 3.70. The fraction of sp³-hybridized carbons (Fsp3) is 0.667. The predicted molar refractivity (Wildman–Crippen MR) is 83.4 cm³/mol. The Morgan fingerprint density at radius 2 is 2.00 bits per heavy atom. The van der Waals surface area contributed by atoms with Crippen molar-refractivity contribution in [3.05, 3.63) is 17.8 Å². The van der Waals surface area contributed by atoms with Crippen LogP contribution in [0.5, 0.6) is 0 Å². The number of nitrogens with zero attached hydrogens (tertiary/aromatic N) is 3. The third-order valence-corrected chi connectivity index (χ3v) is 3.70. The molecule has 1 aromatic rings. The minimum atomic E-state index is -0.116. The zero-order valence-corrected chi connectivity index (χ0v) is 12.9. The van der Waals surface area contributed by atoms with Crippen LogP contribution >= 0.6 is 0 Å². The normalized spacial score (nSPS) is 16.0. The molecule has 2 rings (SSSR count). The van der Waals surface area contributed by atoms with Gasteiger partial charge >= 0.3 is 0 Å². The molecule has 0 saturated heterocycles. The molecule has 0 spiro atoms. The molecule has 0 radical (unpaired) electrons. The summed E-state index contributed by atoms with van der Waals surface area (Å²) in [6, 6.07) is 3.83. The highest BCUT2D eigenvalue weighted by Gasteiger charge is 2.17. The smallest absolute Gasteiger partial charge is 0.272 e. The van der Waals surface area contributed by atoms with Crippen molar-refractivity contribution in [3.63, 3.8) is 0 Å². The van der Waals surface area contributed by atoms with Gasteiger partial charge in [-0.05, 0) is 39.1 Å². The quantitative estimate of drug-likeness (QED) is 0.831. The van der Waals surface area contributed by atoms with E-state index >= 15 is 0 Å². The van der Waals surface area contributed by atoms with E-state index in [2.05, 4.69) is 25.7 Å². The second kappa shape index (κ2) is 7.93. The fourth-order valence-corrected chi connectivity index (χ4v) is 2.46. The van der Waals surface area contributed by atoms with E-state index in [1.165, 1.54) is 19.3 Å². The van der Waals surface area contributed by atoms with E-state index in [1.807, 2.05) is 14.1 Å². The van der Waals surface area contributed by atoms with E-state index < -0.39 is 0 Å². The Bertz CT molecular complexity index is 440. The third kappa shape index (κ3) is 5.30. The van der Waals surface area contributed by atoms with Crippen molar-refractivity contribution in [1.29, 1.82) is 0 Å². The standard InChI is InChI=1S/C15H25N5O/c1-20(2)11-10-16-14-9-8-13(18-19-14)15(21)17-12-6-4-3-5-7-12/h8-9,12H,3-7,10-11H2,1-2H3,(H,16,19)(H,17,21). The molecule has 0 aliphatic heterocycles. The number of anilines is 1. The molecule has 1 aliphatic carbocycles. The summed E-state index contributed by atoms with van der Waals surface area (Å²) in [4.78, 5) is 14.2. The zero-order chi connectivity index (χ0) is 15.1. The van der Waals surface area contributed by atoms with Crippen molar-refractivity contribution >= 4 is 11.7 Å². The number of amides is 1. The molecular weight excluding hydrogens is 266 g/mol. The van der Waals surface area contributed by atoms with Gasteiger partial charge in [-0.1, -0.05) is 19.3 Å². The molecule has 21 heavy (non-hydrogen) atoms. The minimum absolute atomic E-state index is 0.116. The number of aromatic nitrogens is 2. The van der Waals surface area contributed by atoms with Crippen LogP contribution in [0.4, 0.5) is 5.82 Å². The highest BCUT2D eigenvalue weighted by atomic mass is 16.2. The summed E-state index contributed by atoms with van der Waals surface area (Å²) in [6.45, 7) is 1.72. The summed E-state index contributed by atoms with van der Waals surface area (Å²) in [5.74, 6) is 0.584. The molecule has 1 aromatic heterocycles. The van der Waals surface area contributed by atoms with Crippen molar-refractivity contribution in [2.24, 2.45) is 0 Å². The molecular formula is C15H25N5O. The summed E-state index contributed by atoms with van der Waals surface area (Å²) < 4.78 is 0. The lowest BCUT2D eigenvalue weighted by molar-refractivity contribution is 0.0921. The number of likely N-dealkylation sites (N-methyl/N-ethyl adjacent to an activating group) is 1. The van der Waals surface area contributed by atoms with E-state index in [0.29, 0.717) is 17.6 Å². The summed E-state index contributed by atoms with van der Waals surface area (Å²) >= 11 is 0. The average molecular weight is 291 g/mol. The Hall–Kier alpha value is -1.69. The molecule has 116 valence electrons. The monoisotopic (exact) mass is 291 g/mol. The van der Waals surface area contributed by atoms with E-state index in [9.17, 15) is 4.79 Å². The van der Waals surface area contributed by atoms with E-state index in [4.69, 9.17) is 0 Å². The molecule has 1 aliphatic rings. The number of carbonyl (C=O) groups excluding carboxylic acids is 1. The Labute approximate surface area is 126 Å². The number of hydrogen-bond donors (Lipinski definition) is 2. The van der Waals surface area contributed by atoms with Crippen molar-refractivity contribution < 1.29 is 4.79 Å². The van der Waals surface area contributed by atoms with Crippen molar-refractivity contribution in [3.8, 4) is 0 Å². The Kier molecular flexibility index (Phi) is 5.92. The second-order valence-corrected chi connectivity index (χ2v) is 5.84. The lowest BCUT2D eigenvalue weighted by Crippen LogP contribution is -2.36. The number of hydrogen-bond acceptors (Lipinski definition) is 5. The van der Waals surface area contributed by atoms with Gasteiger partial charge < -0.3 is 15.5 Å². The zero-order valence-electron chi connectivity index (χ0n) is 12.9. The first-order valence-electron chi connectivity index (χ1n) is 7.68. The van der Waals surface area contributed by atoms with Gasteiger partial charge in [0.1, 0.15) is 5.82 Å². The first-order valence-corrected chi connectivity index (χ1v) is 7.68. The van der Waals surface area contributed by atoms with Crippen LogP contribution in [-0.2, 0) is 0 Å². The predicted octanol–water partition coefficient (Wildman–Crippen LogP) is 1.51. The van der Waals surface area contributed by atoms with Gasteiger partial charge in [-0.25, -0.2) is 0 Å². The molecule has 1 heterocycles. The average Bonchev–Trinajstić information content (AvgIpc) is 2.48.